The van der Waals surface area contributed by atoms with Crippen LogP contribution < -0.4 is 16.0 Å². The first-order chi connectivity index (χ1) is 8.10. The molecular weight excluding hydrogens is 258 g/mol. The summed E-state index contributed by atoms with van der Waals surface area (Å²) in [6.07, 6.45) is 0. The van der Waals surface area contributed by atoms with E-state index in [4.69, 9.17) is 0 Å². The Hall–Kier alpha value is -0.400. The maximum atomic E-state index is 11.8. The Kier molecular flexibility index (Phi) is 9.39. The number of carbonyl (C=O) groups is 2. The summed E-state index contributed by atoms with van der Waals surface area (Å²) in [5.74, 6) is 0.203. The zero-order chi connectivity index (χ0) is 13.3. The summed E-state index contributed by atoms with van der Waals surface area (Å²) in [7, 11) is 0. The lowest BCUT2D eigenvalue weighted by molar-refractivity contribution is -0.129. The second-order valence-corrected chi connectivity index (χ2v) is 4.16. The molecule has 0 aromatic carbocycles. The molecule has 3 N–H and O–H groups in total. The van der Waals surface area contributed by atoms with Gasteiger partial charge in [0.2, 0.25) is 11.8 Å². The first-order valence-corrected chi connectivity index (χ1v) is 6.90. The average Bonchev–Trinajstić information content (AvgIpc) is 2.32. The lowest BCUT2D eigenvalue weighted by Gasteiger charge is -2.20. The number of carbonyl (C=O) groups excluding carboxylic acids is 2. The number of hydrogen-bond donors (Lipinski definition) is 5. The highest BCUT2D eigenvalue weighted by Crippen LogP contribution is 1.93. The minimum atomic E-state index is -0.605. The van der Waals surface area contributed by atoms with Crippen molar-refractivity contribution in [2.45, 2.75) is 25.9 Å². The van der Waals surface area contributed by atoms with Crippen LogP contribution in [-0.4, -0.2) is 48.5 Å². The molecule has 2 atom stereocenters. The molecule has 0 heterocycles. The maximum Gasteiger partial charge on any atom is 0.243 e. The van der Waals surface area contributed by atoms with Crippen LogP contribution in [0.25, 0.3) is 0 Å². The number of rotatable bonds is 8. The molecule has 0 aromatic heterocycles. The van der Waals surface area contributed by atoms with Crippen molar-refractivity contribution >= 4 is 37.1 Å². The van der Waals surface area contributed by atoms with Crippen LogP contribution in [0, 0.1) is 0 Å². The molecule has 2 amide bonds. The van der Waals surface area contributed by atoms with E-state index in [1.54, 1.807) is 0 Å². The summed E-state index contributed by atoms with van der Waals surface area (Å²) >= 11 is 8.15. The van der Waals surface area contributed by atoms with E-state index in [0.717, 1.165) is 0 Å². The molecule has 0 aliphatic rings. The minimum Gasteiger partial charge on any atom is -0.355 e. The molecule has 0 rings (SSSR count). The Morgan fingerprint density at radius 3 is 2.00 bits per heavy atom. The maximum absolute atomic E-state index is 11.8. The molecule has 0 aliphatic carbocycles. The predicted molar refractivity (Wildman–Crippen MR) is 75.8 cm³/mol. The van der Waals surface area contributed by atoms with Crippen molar-refractivity contribution < 1.29 is 9.59 Å². The zero-order valence-electron chi connectivity index (χ0n) is 10.2. The van der Waals surface area contributed by atoms with Crippen molar-refractivity contribution in [3.63, 3.8) is 0 Å². The first-order valence-electron chi connectivity index (χ1n) is 5.63. The molecular formula is C10H21N3O2S2. The third-order valence-corrected chi connectivity index (χ3v) is 2.85. The Morgan fingerprint density at radius 2 is 1.59 bits per heavy atom. The third kappa shape index (κ3) is 6.18. The van der Waals surface area contributed by atoms with Crippen molar-refractivity contribution in [3.05, 3.63) is 0 Å². The van der Waals surface area contributed by atoms with E-state index in [-0.39, 0.29) is 23.6 Å². The highest BCUT2D eigenvalue weighted by Gasteiger charge is 2.22. The Bertz CT molecular complexity index is 252. The van der Waals surface area contributed by atoms with Crippen molar-refractivity contribution in [2.24, 2.45) is 0 Å². The van der Waals surface area contributed by atoms with Crippen LogP contribution in [-0.2, 0) is 9.59 Å². The van der Waals surface area contributed by atoms with Gasteiger partial charge in [-0.1, -0.05) is 6.92 Å². The molecule has 2 unspecified atom stereocenters. The van der Waals surface area contributed by atoms with E-state index in [0.29, 0.717) is 18.8 Å². The van der Waals surface area contributed by atoms with E-state index < -0.39 is 6.04 Å². The monoisotopic (exact) mass is 279 g/mol. The molecule has 0 bridgehead atoms. The fourth-order valence-electron chi connectivity index (χ4n) is 1.25. The van der Waals surface area contributed by atoms with E-state index in [1.165, 1.54) is 0 Å². The molecule has 0 aliphatic heterocycles. The molecule has 100 valence electrons. The minimum absolute atomic E-state index is 0.217. The van der Waals surface area contributed by atoms with Crippen molar-refractivity contribution in [1.29, 1.82) is 0 Å². The molecule has 0 saturated heterocycles. The third-order valence-electron chi connectivity index (χ3n) is 2.12. The average molecular weight is 279 g/mol. The predicted octanol–water partition coefficient (Wildman–Crippen LogP) is -0.555. The normalized spacial score (nSPS) is 13.9. The van der Waals surface area contributed by atoms with Crippen molar-refractivity contribution in [2.75, 3.05) is 24.6 Å². The highest BCUT2D eigenvalue weighted by molar-refractivity contribution is 7.80. The van der Waals surface area contributed by atoms with Crippen molar-refractivity contribution in [1.82, 2.24) is 16.0 Å². The van der Waals surface area contributed by atoms with E-state index in [2.05, 4.69) is 41.2 Å². The fourth-order valence-corrected chi connectivity index (χ4v) is 1.80. The second-order valence-electron chi connectivity index (χ2n) is 3.43. The Labute approximate surface area is 113 Å². The number of amides is 2. The molecule has 17 heavy (non-hydrogen) atoms. The molecule has 0 spiro atoms. The molecule has 0 fully saturated rings. The van der Waals surface area contributed by atoms with Gasteiger partial charge in [0.1, 0.15) is 6.04 Å². The van der Waals surface area contributed by atoms with Gasteiger partial charge in [0, 0.05) is 18.1 Å². The van der Waals surface area contributed by atoms with Crippen LogP contribution in [0.1, 0.15) is 13.8 Å². The molecule has 0 aromatic rings. The van der Waals surface area contributed by atoms with Crippen LogP contribution >= 0.6 is 25.3 Å². The highest BCUT2D eigenvalue weighted by atomic mass is 32.1. The summed E-state index contributed by atoms with van der Waals surface area (Å²) in [4.78, 5) is 23.4. The SMILES string of the molecule is CCNC(=O)C(CS)NC(=O)C(CS)NCC. The largest absolute Gasteiger partial charge is 0.355 e. The van der Waals surface area contributed by atoms with Crippen LogP contribution in [0.3, 0.4) is 0 Å². The Morgan fingerprint density at radius 1 is 1.00 bits per heavy atom. The standard InChI is InChI=1S/C10H21N3O2S2/c1-3-11-7(5-16)10(15)13-8(6-17)9(14)12-4-2/h7-8,11,16-17H,3-6H2,1-2H3,(H,12,14)(H,13,15). The van der Waals surface area contributed by atoms with Gasteiger partial charge < -0.3 is 16.0 Å². The van der Waals surface area contributed by atoms with Crippen LogP contribution in [0.15, 0.2) is 0 Å². The zero-order valence-corrected chi connectivity index (χ0v) is 12.0. The number of thiol groups is 2. The smallest absolute Gasteiger partial charge is 0.243 e. The summed E-state index contributed by atoms with van der Waals surface area (Å²) < 4.78 is 0. The van der Waals surface area contributed by atoms with Crippen LogP contribution in [0.2, 0.25) is 0 Å². The molecule has 5 nitrogen and oxygen atoms in total. The van der Waals surface area contributed by atoms with E-state index in [9.17, 15) is 9.59 Å². The van der Waals surface area contributed by atoms with Gasteiger partial charge in [-0.3, -0.25) is 9.59 Å². The lowest BCUT2D eigenvalue weighted by atomic mass is 10.2. The van der Waals surface area contributed by atoms with Gasteiger partial charge in [-0.05, 0) is 13.5 Å². The van der Waals surface area contributed by atoms with Gasteiger partial charge in [0.15, 0.2) is 0 Å². The van der Waals surface area contributed by atoms with Gasteiger partial charge in [0.05, 0.1) is 6.04 Å². The number of hydrogen-bond acceptors (Lipinski definition) is 5. The summed E-state index contributed by atoms with van der Waals surface area (Å²) in [6, 6.07) is -0.994. The quantitative estimate of drug-likeness (QED) is 0.387. The fraction of sp³-hybridized carbons (Fsp3) is 0.800. The van der Waals surface area contributed by atoms with Gasteiger partial charge in [-0.25, -0.2) is 0 Å². The van der Waals surface area contributed by atoms with Gasteiger partial charge in [-0.2, -0.15) is 25.3 Å². The second kappa shape index (κ2) is 9.61. The number of nitrogens with one attached hydrogen (secondary N) is 3. The first kappa shape index (κ1) is 16.6. The summed E-state index contributed by atoms with van der Waals surface area (Å²) in [5, 5.41) is 8.28. The lowest BCUT2D eigenvalue weighted by Crippen LogP contribution is -2.54. The molecule has 7 heteroatoms. The van der Waals surface area contributed by atoms with Crippen LogP contribution in [0.5, 0.6) is 0 Å². The van der Waals surface area contributed by atoms with E-state index >= 15 is 0 Å². The molecule has 0 radical (unpaired) electrons. The Balaban J connectivity index is 4.35. The van der Waals surface area contributed by atoms with Crippen LogP contribution in [0.4, 0.5) is 0 Å². The van der Waals surface area contributed by atoms with Crippen molar-refractivity contribution in [3.8, 4) is 0 Å². The summed E-state index contributed by atoms with van der Waals surface area (Å²) in [5.41, 5.74) is 0. The number of likely N-dealkylation sites (N-methyl/N-ethyl adjacent to an activating group) is 2. The van der Waals surface area contributed by atoms with E-state index in [1.807, 2.05) is 13.8 Å². The summed E-state index contributed by atoms with van der Waals surface area (Å²) in [6.45, 7) is 4.93. The van der Waals surface area contributed by atoms with Gasteiger partial charge in [0.25, 0.3) is 0 Å². The van der Waals surface area contributed by atoms with Gasteiger partial charge in [-0.15, -0.1) is 0 Å². The topological polar surface area (TPSA) is 70.2 Å². The van der Waals surface area contributed by atoms with Gasteiger partial charge >= 0.3 is 0 Å². The molecule has 0 saturated carbocycles.